The van der Waals surface area contributed by atoms with Gasteiger partial charge in [0, 0.05) is 25.7 Å². The number of rotatable bonds is 7. The molecule has 0 heterocycles. The largest absolute Gasteiger partial charge is 0.330 e. The minimum atomic E-state index is -2.56. The lowest BCUT2D eigenvalue weighted by molar-refractivity contribution is -0.122. The summed E-state index contributed by atoms with van der Waals surface area (Å²) in [4.78, 5) is 12.0. The van der Waals surface area contributed by atoms with Gasteiger partial charge in [-0.2, -0.15) is 0 Å². The van der Waals surface area contributed by atoms with E-state index in [1.807, 2.05) is 0 Å². The van der Waals surface area contributed by atoms with Gasteiger partial charge >= 0.3 is 0 Å². The van der Waals surface area contributed by atoms with Crippen LogP contribution in [0.25, 0.3) is 0 Å². The maximum absolute atomic E-state index is 13.3. The van der Waals surface area contributed by atoms with Crippen molar-refractivity contribution in [2.45, 2.75) is 64.7 Å². The van der Waals surface area contributed by atoms with E-state index in [0.29, 0.717) is 31.7 Å². The molecule has 0 radical (unpaired) electrons. The molecule has 2 unspecified atom stereocenters. The van der Waals surface area contributed by atoms with Crippen LogP contribution in [-0.4, -0.2) is 18.3 Å². The minimum Gasteiger partial charge on any atom is -0.330 e. The first-order chi connectivity index (χ1) is 8.82. The van der Waals surface area contributed by atoms with Gasteiger partial charge in [-0.05, 0) is 43.6 Å². The number of carbonyl (C=O) groups excluding carboxylic acids is 1. The number of halogens is 2. The van der Waals surface area contributed by atoms with E-state index in [1.165, 1.54) is 0 Å². The molecule has 1 aliphatic carbocycles. The highest BCUT2D eigenvalue weighted by atomic mass is 19.3. The molecule has 4 heteroatoms. The summed E-state index contributed by atoms with van der Waals surface area (Å²) in [5.41, 5.74) is 5.67. The molecule has 2 nitrogen and oxygen atoms in total. The van der Waals surface area contributed by atoms with E-state index in [9.17, 15) is 13.6 Å². The molecule has 0 saturated heterocycles. The summed E-state index contributed by atoms with van der Waals surface area (Å²) in [7, 11) is 0. The number of Topliss-reactive ketones (excluding diaryl/α,β-unsaturated/α-hetero) is 1. The van der Waals surface area contributed by atoms with Crippen LogP contribution in [-0.2, 0) is 4.79 Å². The summed E-state index contributed by atoms with van der Waals surface area (Å²) in [6, 6.07) is 0. The Morgan fingerprint density at radius 1 is 1.42 bits per heavy atom. The highest BCUT2D eigenvalue weighted by Crippen LogP contribution is 2.38. The Labute approximate surface area is 115 Å². The number of ketones is 1. The molecule has 19 heavy (non-hydrogen) atoms. The summed E-state index contributed by atoms with van der Waals surface area (Å²) in [5, 5.41) is 0. The quantitative estimate of drug-likeness (QED) is 0.768. The van der Waals surface area contributed by atoms with Gasteiger partial charge < -0.3 is 5.73 Å². The number of carbonyl (C=O) groups is 1. The van der Waals surface area contributed by atoms with Gasteiger partial charge in [0.05, 0.1) is 0 Å². The third-order valence-corrected chi connectivity index (χ3v) is 3.91. The van der Waals surface area contributed by atoms with Crippen molar-refractivity contribution in [1.29, 1.82) is 0 Å². The summed E-state index contributed by atoms with van der Waals surface area (Å²) in [6.07, 6.45) is 2.87. The lowest BCUT2D eigenvalue weighted by Gasteiger charge is -2.28. The van der Waals surface area contributed by atoms with Crippen LogP contribution in [0.4, 0.5) is 8.78 Å². The van der Waals surface area contributed by atoms with Crippen LogP contribution >= 0.6 is 0 Å². The molecular formula is C15H27F2NO. The molecule has 1 saturated carbocycles. The van der Waals surface area contributed by atoms with E-state index in [1.54, 1.807) is 0 Å². The van der Waals surface area contributed by atoms with Crippen molar-refractivity contribution in [1.82, 2.24) is 0 Å². The standard InChI is InChI=1S/C15H27F2NO/c1-11(2)6-13(10-18)8-14(19)7-12-4-3-5-15(16,17)9-12/h11-13H,3-10,18H2,1-2H3. The Balaban J connectivity index is 2.37. The maximum atomic E-state index is 13.3. The molecule has 0 spiro atoms. The van der Waals surface area contributed by atoms with E-state index in [-0.39, 0.29) is 30.5 Å². The van der Waals surface area contributed by atoms with Crippen LogP contribution in [0.5, 0.6) is 0 Å². The van der Waals surface area contributed by atoms with Crippen LogP contribution in [0.2, 0.25) is 0 Å². The van der Waals surface area contributed by atoms with Crippen molar-refractivity contribution in [3.05, 3.63) is 0 Å². The molecule has 2 atom stereocenters. The molecule has 0 aromatic carbocycles. The Bertz CT molecular complexity index is 292. The van der Waals surface area contributed by atoms with E-state index in [2.05, 4.69) is 13.8 Å². The minimum absolute atomic E-state index is 0.0174. The third-order valence-electron chi connectivity index (χ3n) is 3.91. The summed E-state index contributed by atoms with van der Waals surface area (Å²) in [6.45, 7) is 4.72. The molecule has 112 valence electrons. The van der Waals surface area contributed by atoms with Gasteiger partial charge in [0.2, 0.25) is 5.92 Å². The average Bonchev–Trinajstić information content (AvgIpc) is 2.25. The van der Waals surface area contributed by atoms with Gasteiger partial charge in [-0.15, -0.1) is 0 Å². The van der Waals surface area contributed by atoms with Gasteiger partial charge in [0.15, 0.2) is 0 Å². The second kappa shape index (κ2) is 7.32. The Morgan fingerprint density at radius 3 is 2.63 bits per heavy atom. The number of alkyl halides is 2. The zero-order chi connectivity index (χ0) is 14.5. The van der Waals surface area contributed by atoms with Crippen molar-refractivity contribution in [3.8, 4) is 0 Å². The fourth-order valence-corrected chi connectivity index (χ4v) is 3.11. The van der Waals surface area contributed by atoms with Crippen LogP contribution < -0.4 is 5.73 Å². The SMILES string of the molecule is CC(C)CC(CN)CC(=O)CC1CCCC(F)(F)C1. The zero-order valence-electron chi connectivity index (χ0n) is 12.1. The van der Waals surface area contributed by atoms with Gasteiger partial charge in [0.25, 0.3) is 0 Å². The average molecular weight is 275 g/mol. The zero-order valence-corrected chi connectivity index (χ0v) is 12.1. The lowest BCUT2D eigenvalue weighted by atomic mass is 9.81. The van der Waals surface area contributed by atoms with E-state index >= 15 is 0 Å². The third kappa shape index (κ3) is 6.46. The van der Waals surface area contributed by atoms with Gasteiger partial charge in [-0.1, -0.05) is 13.8 Å². The number of hydrogen-bond donors (Lipinski definition) is 1. The normalized spacial score (nSPS) is 24.4. The van der Waals surface area contributed by atoms with Gasteiger partial charge in [-0.3, -0.25) is 4.79 Å². The highest BCUT2D eigenvalue weighted by Gasteiger charge is 2.36. The van der Waals surface area contributed by atoms with Crippen LogP contribution in [0.3, 0.4) is 0 Å². The number of nitrogens with two attached hydrogens (primary N) is 1. The molecule has 0 aromatic heterocycles. The van der Waals surface area contributed by atoms with E-state index < -0.39 is 5.92 Å². The topological polar surface area (TPSA) is 43.1 Å². The summed E-state index contributed by atoms with van der Waals surface area (Å²) < 4.78 is 26.5. The fourth-order valence-electron chi connectivity index (χ4n) is 3.11. The number of hydrogen-bond acceptors (Lipinski definition) is 2. The van der Waals surface area contributed by atoms with Crippen molar-refractivity contribution in [3.63, 3.8) is 0 Å². The predicted molar refractivity (Wildman–Crippen MR) is 73.1 cm³/mol. The second-order valence-electron chi connectivity index (χ2n) is 6.50. The maximum Gasteiger partial charge on any atom is 0.248 e. The Hall–Kier alpha value is -0.510. The first-order valence-corrected chi connectivity index (χ1v) is 7.42. The summed E-state index contributed by atoms with van der Waals surface area (Å²) >= 11 is 0. The molecule has 1 rings (SSSR count). The van der Waals surface area contributed by atoms with Gasteiger partial charge in [-0.25, -0.2) is 8.78 Å². The lowest BCUT2D eigenvalue weighted by Crippen LogP contribution is -2.28. The van der Waals surface area contributed by atoms with E-state index in [4.69, 9.17) is 5.73 Å². The molecule has 0 aliphatic heterocycles. The van der Waals surface area contributed by atoms with Crippen molar-refractivity contribution >= 4 is 5.78 Å². The van der Waals surface area contributed by atoms with Crippen molar-refractivity contribution in [2.24, 2.45) is 23.5 Å². The first-order valence-electron chi connectivity index (χ1n) is 7.42. The van der Waals surface area contributed by atoms with E-state index in [0.717, 1.165) is 12.8 Å². The van der Waals surface area contributed by atoms with Crippen LogP contribution in [0.1, 0.15) is 58.8 Å². The fraction of sp³-hybridized carbons (Fsp3) is 0.933. The Kier molecular flexibility index (Phi) is 6.37. The van der Waals surface area contributed by atoms with Crippen LogP contribution in [0, 0.1) is 17.8 Å². The predicted octanol–water partition coefficient (Wildman–Crippen LogP) is 3.78. The molecule has 0 bridgehead atoms. The van der Waals surface area contributed by atoms with Gasteiger partial charge in [0.1, 0.15) is 5.78 Å². The first kappa shape index (κ1) is 16.5. The molecule has 1 aliphatic rings. The summed E-state index contributed by atoms with van der Waals surface area (Å²) in [5.74, 6) is -1.86. The smallest absolute Gasteiger partial charge is 0.248 e. The monoisotopic (exact) mass is 275 g/mol. The molecule has 2 N–H and O–H groups in total. The molecule has 0 aromatic rings. The molecule has 0 amide bonds. The highest BCUT2D eigenvalue weighted by molar-refractivity contribution is 5.78. The molecule has 1 fully saturated rings. The van der Waals surface area contributed by atoms with Crippen molar-refractivity contribution in [2.75, 3.05) is 6.54 Å². The molecular weight excluding hydrogens is 248 g/mol. The second-order valence-corrected chi connectivity index (χ2v) is 6.50. The van der Waals surface area contributed by atoms with Crippen molar-refractivity contribution < 1.29 is 13.6 Å². The Morgan fingerprint density at radius 2 is 2.11 bits per heavy atom. The van der Waals surface area contributed by atoms with Crippen LogP contribution in [0.15, 0.2) is 0 Å².